The molecule has 38 heavy (non-hydrogen) atoms. The minimum atomic E-state index is -0.489. The molecule has 1 heterocycles. The standard InChI is InChI=1S/C31H38N4O3/c1-4-34(5-2)30(36)27-13-11-25(12-14-27)29(26-15-17-28(18-16-26)32-31(37)38-3)35-21-19-33(20-22-35)23-24-9-7-6-8-10-24/h6-18,29H,4-5,19-23H2,1-3H3,(H,32,37). The van der Waals surface area contributed by atoms with Gasteiger partial charge in [-0.2, -0.15) is 0 Å². The topological polar surface area (TPSA) is 65.1 Å². The van der Waals surface area contributed by atoms with Gasteiger partial charge < -0.3 is 9.64 Å². The monoisotopic (exact) mass is 514 g/mol. The van der Waals surface area contributed by atoms with Gasteiger partial charge in [0.1, 0.15) is 0 Å². The van der Waals surface area contributed by atoms with E-state index < -0.39 is 6.09 Å². The molecule has 200 valence electrons. The first-order chi connectivity index (χ1) is 18.5. The summed E-state index contributed by atoms with van der Waals surface area (Å²) in [5.74, 6) is 0.0610. The van der Waals surface area contributed by atoms with Gasteiger partial charge in [0.05, 0.1) is 13.2 Å². The largest absolute Gasteiger partial charge is 0.453 e. The van der Waals surface area contributed by atoms with Gasteiger partial charge in [-0.15, -0.1) is 0 Å². The Morgan fingerprint density at radius 2 is 1.42 bits per heavy atom. The Morgan fingerprint density at radius 1 is 0.842 bits per heavy atom. The van der Waals surface area contributed by atoms with Crippen LogP contribution in [0, 0.1) is 0 Å². The van der Waals surface area contributed by atoms with Crippen molar-refractivity contribution in [1.82, 2.24) is 14.7 Å². The van der Waals surface area contributed by atoms with Crippen LogP contribution < -0.4 is 5.32 Å². The van der Waals surface area contributed by atoms with E-state index >= 15 is 0 Å². The molecule has 1 N–H and O–H groups in total. The maximum absolute atomic E-state index is 12.9. The first-order valence-electron chi connectivity index (χ1n) is 13.4. The molecule has 0 radical (unpaired) electrons. The van der Waals surface area contributed by atoms with Gasteiger partial charge in [0.2, 0.25) is 0 Å². The zero-order valence-corrected chi connectivity index (χ0v) is 22.6. The second kappa shape index (κ2) is 13.2. The van der Waals surface area contributed by atoms with E-state index in [1.807, 2.05) is 43.0 Å². The predicted octanol–water partition coefficient (Wildman–Crippen LogP) is 5.25. The molecule has 7 heteroatoms. The van der Waals surface area contributed by atoms with Gasteiger partial charge in [-0.3, -0.25) is 19.9 Å². The van der Waals surface area contributed by atoms with Gasteiger partial charge >= 0.3 is 6.09 Å². The molecule has 1 saturated heterocycles. The van der Waals surface area contributed by atoms with Crippen LogP contribution in [0.15, 0.2) is 78.9 Å². The van der Waals surface area contributed by atoms with Crippen LogP contribution in [0.3, 0.4) is 0 Å². The van der Waals surface area contributed by atoms with Gasteiger partial charge in [0, 0.05) is 57.1 Å². The summed E-state index contributed by atoms with van der Waals surface area (Å²) in [5.41, 5.74) is 5.01. The van der Waals surface area contributed by atoms with Gasteiger partial charge in [0.25, 0.3) is 5.91 Å². The smallest absolute Gasteiger partial charge is 0.411 e. The third kappa shape index (κ3) is 6.79. The number of carbonyl (C=O) groups excluding carboxylic acids is 2. The highest BCUT2D eigenvalue weighted by Crippen LogP contribution is 2.31. The fourth-order valence-corrected chi connectivity index (χ4v) is 5.05. The van der Waals surface area contributed by atoms with E-state index in [1.54, 1.807) is 0 Å². The lowest BCUT2D eigenvalue weighted by Crippen LogP contribution is -2.47. The van der Waals surface area contributed by atoms with Crippen LogP contribution in [0.5, 0.6) is 0 Å². The first kappa shape index (κ1) is 27.4. The summed E-state index contributed by atoms with van der Waals surface area (Å²) >= 11 is 0. The predicted molar refractivity (Wildman–Crippen MR) is 151 cm³/mol. The number of anilines is 1. The van der Waals surface area contributed by atoms with Gasteiger partial charge in [-0.05, 0) is 54.8 Å². The molecule has 1 atom stereocenters. The molecule has 0 aliphatic carbocycles. The third-order valence-corrected chi connectivity index (χ3v) is 7.20. The highest BCUT2D eigenvalue weighted by atomic mass is 16.5. The molecule has 0 bridgehead atoms. The molecule has 3 aromatic carbocycles. The molecule has 2 amide bonds. The molecule has 1 unspecified atom stereocenters. The van der Waals surface area contributed by atoms with E-state index in [2.05, 4.69) is 69.7 Å². The summed E-state index contributed by atoms with van der Waals surface area (Å²) in [7, 11) is 1.35. The number of benzene rings is 3. The van der Waals surface area contributed by atoms with Crippen molar-refractivity contribution < 1.29 is 14.3 Å². The minimum absolute atomic E-state index is 0.0404. The summed E-state index contributed by atoms with van der Waals surface area (Å²) in [5, 5.41) is 2.72. The molecule has 1 aliphatic heterocycles. The number of nitrogens with one attached hydrogen (secondary N) is 1. The summed E-state index contributed by atoms with van der Waals surface area (Å²) < 4.78 is 4.72. The Labute approximate surface area is 226 Å². The number of nitrogens with zero attached hydrogens (tertiary/aromatic N) is 3. The first-order valence-corrected chi connectivity index (χ1v) is 13.4. The van der Waals surface area contributed by atoms with Crippen LogP contribution in [0.1, 0.15) is 46.9 Å². The van der Waals surface area contributed by atoms with Crippen molar-refractivity contribution in [3.05, 3.63) is 101 Å². The van der Waals surface area contributed by atoms with Crippen molar-refractivity contribution in [2.45, 2.75) is 26.4 Å². The van der Waals surface area contributed by atoms with Crippen LogP contribution in [0.2, 0.25) is 0 Å². The number of ether oxygens (including phenoxy) is 1. The zero-order valence-electron chi connectivity index (χ0n) is 22.6. The molecule has 3 aromatic rings. The van der Waals surface area contributed by atoms with Crippen molar-refractivity contribution in [3.8, 4) is 0 Å². The highest BCUT2D eigenvalue weighted by molar-refractivity contribution is 5.94. The Balaban J connectivity index is 1.55. The Hall–Kier alpha value is -3.68. The Morgan fingerprint density at radius 3 is 1.97 bits per heavy atom. The second-order valence-electron chi connectivity index (χ2n) is 9.54. The molecular formula is C31H38N4O3. The van der Waals surface area contributed by atoms with Crippen LogP contribution in [0.25, 0.3) is 0 Å². The van der Waals surface area contributed by atoms with E-state index in [0.717, 1.165) is 43.9 Å². The molecule has 0 aromatic heterocycles. The lowest BCUT2D eigenvalue weighted by molar-refractivity contribution is 0.0772. The van der Waals surface area contributed by atoms with Crippen molar-refractivity contribution >= 4 is 17.7 Å². The van der Waals surface area contributed by atoms with E-state index in [0.29, 0.717) is 24.3 Å². The number of hydrogen-bond donors (Lipinski definition) is 1. The average molecular weight is 515 g/mol. The van der Waals surface area contributed by atoms with Gasteiger partial charge in [-0.25, -0.2) is 4.79 Å². The lowest BCUT2D eigenvalue weighted by atomic mass is 9.95. The SMILES string of the molecule is CCN(CC)C(=O)c1ccc(C(c2ccc(NC(=O)OC)cc2)N2CCN(Cc3ccccc3)CC2)cc1. The summed E-state index contributed by atoms with van der Waals surface area (Å²) in [6, 6.07) is 26.6. The van der Waals surface area contributed by atoms with Gasteiger partial charge in [0.15, 0.2) is 0 Å². The number of piperazine rings is 1. The fourth-order valence-electron chi connectivity index (χ4n) is 5.05. The summed E-state index contributed by atoms with van der Waals surface area (Å²) in [6.45, 7) is 10.2. The summed E-state index contributed by atoms with van der Waals surface area (Å²) in [6.07, 6.45) is -0.489. The lowest BCUT2D eigenvalue weighted by Gasteiger charge is -2.40. The van der Waals surface area contributed by atoms with E-state index in [-0.39, 0.29) is 11.9 Å². The summed E-state index contributed by atoms with van der Waals surface area (Å²) in [4.78, 5) is 31.3. The zero-order chi connectivity index (χ0) is 26.9. The minimum Gasteiger partial charge on any atom is -0.453 e. The fraction of sp³-hybridized carbons (Fsp3) is 0.355. The number of hydrogen-bond acceptors (Lipinski definition) is 5. The quantitative estimate of drug-likeness (QED) is 0.422. The van der Waals surface area contributed by atoms with E-state index in [1.165, 1.54) is 12.7 Å². The molecule has 1 aliphatic rings. The number of rotatable bonds is 9. The van der Waals surface area contributed by atoms with Crippen LogP contribution in [0.4, 0.5) is 10.5 Å². The maximum atomic E-state index is 12.9. The molecule has 7 nitrogen and oxygen atoms in total. The number of methoxy groups -OCH3 is 1. The van der Waals surface area contributed by atoms with Crippen molar-refractivity contribution in [2.24, 2.45) is 0 Å². The molecule has 1 fully saturated rings. The Bertz CT molecular complexity index is 1170. The number of carbonyl (C=O) groups is 2. The third-order valence-electron chi connectivity index (χ3n) is 7.20. The van der Waals surface area contributed by atoms with Gasteiger partial charge in [-0.1, -0.05) is 54.6 Å². The van der Waals surface area contributed by atoms with Crippen LogP contribution in [-0.4, -0.2) is 73.1 Å². The van der Waals surface area contributed by atoms with E-state index in [9.17, 15) is 9.59 Å². The molecular weight excluding hydrogens is 476 g/mol. The molecule has 4 rings (SSSR count). The van der Waals surface area contributed by atoms with Crippen molar-refractivity contribution in [1.29, 1.82) is 0 Å². The maximum Gasteiger partial charge on any atom is 0.411 e. The van der Waals surface area contributed by atoms with Crippen LogP contribution in [-0.2, 0) is 11.3 Å². The average Bonchev–Trinajstić information content (AvgIpc) is 2.96. The van der Waals surface area contributed by atoms with E-state index in [4.69, 9.17) is 4.74 Å². The molecule has 0 saturated carbocycles. The second-order valence-corrected chi connectivity index (χ2v) is 9.54. The number of amides is 2. The van der Waals surface area contributed by atoms with Crippen LogP contribution >= 0.6 is 0 Å². The van der Waals surface area contributed by atoms with Crippen molar-refractivity contribution in [3.63, 3.8) is 0 Å². The normalized spacial score (nSPS) is 15.0. The highest BCUT2D eigenvalue weighted by Gasteiger charge is 2.27. The Kier molecular flexibility index (Phi) is 9.51. The van der Waals surface area contributed by atoms with Crippen molar-refractivity contribution in [2.75, 3.05) is 51.7 Å². The molecule has 0 spiro atoms.